The van der Waals surface area contributed by atoms with Gasteiger partial charge in [-0.05, 0) is 37.6 Å². The van der Waals surface area contributed by atoms with E-state index in [9.17, 15) is 9.18 Å². The number of aryl methyl sites for hydroxylation is 2. The molecule has 4 nitrogen and oxygen atoms in total. The smallest absolute Gasteiger partial charge is 0.264 e. The number of likely N-dealkylation sites (N-methyl/N-ethyl adjacent to an activating group) is 1. The predicted octanol–water partition coefficient (Wildman–Crippen LogP) is 3.49. The molecule has 1 amide bonds. The van der Waals surface area contributed by atoms with Crippen LogP contribution >= 0.6 is 0 Å². The maximum absolute atomic E-state index is 13.7. The molecule has 2 rings (SSSR count). The number of anilines is 1. The van der Waals surface area contributed by atoms with Crippen LogP contribution in [-0.2, 0) is 4.79 Å². The van der Waals surface area contributed by atoms with Crippen LogP contribution < -0.4 is 14.4 Å². The van der Waals surface area contributed by atoms with Crippen molar-refractivity contribution in [1.82, 2.24) is 0 Å². The van der Waals surface area contributed by atoms with Crippen molar-refractivity contribution in [3.05, 3.63) is 53.3 Å². The van der Waals surface area contributed by atoms with Crippen LogP contribution in [0.2, 0.25) is 0 Å². The fourth-order valence-corrected chi connectivity index (χ4v) is 2.21. The average Bonchev–Trinajstić information content (AvgIpc) is 2.53. The van der Waals surface area contributed by atoms with Gasteiger partial charge < -0.3 is 14.4 Å². The first-order valence-electron chi connectivity index (χ1n) is 7.22. The highest BCUT2D eigenvalue weighted by molar-refractivity contribution is 5.94. The minimum Gasteiger partial charge on any atom is -0.494 e. The Bertz CT molecular complexity index is 715. The maximum atomic E-state index is 13.7. The molecule has 5 heteroatoms. The fourth-order valence-electron chi connectivity index (χ4n) is 2.21. The van der Waals surface area contributed by atoms with E-state index >= 15 is 0 Å². The van der Waals surface area contributed by atoms with Gasteiger partial charge in [0.1, 0.15) is 5.75 Å². The molecule has 0 aromatic heterocycles. The zero-order valence-electron chi connectivity index (χ0n) is 13.7. The fraction of sp³-hybridized carbons (Fsp3) is 0.278. The van der Waals surface area contributed by atoms with Crippen molar-refractivity contribution in [3.8, 4) is 11.5 Å². The standard InChI is InChI=1S/C18H20FNO3/c1-12-5-7-16(13(2)9-12)23-11-18(21)20(3)14-6-8-17(22-4)15(19)10-14/h5-10H,11H2,1-4H3. The number of methoxy groups -OCH3 is 1. The molecule has 2 aromatic carbocycles. The zero-order valence-corrected chi connectivity index (χ0v) is 13.7. The molecule has 0 aliphatic carbocycles. The molecule has 0 unspecified atom stereocenters. The van der Waals surface area contributed by atoms with Crippen LogP contribution in [0, 0.1) is 19.7 Å². The van der Waals surface area contributed by atoms with E-state index in [2.05, 4.69) is 0 Å². The minimum atomic E-state index is -0.514. The Kier molecular flexibility index (Phi) is 5.21. The second-order valence-corrected chi connectivity index (χ2v) is 5.33. The van der Waals surface area contributed by atoms with Crippen LogP contribution in [0.4, 0.5) is 10.1 Å². The molecule has 0 radical (unpaired) electrons. The molecule has 0 heterocycles. The van der Waals surface area contributed by atoms with Crippen LogP contribution in [0.25, 0.3) is 0 Å². The van der Waals surface area contributed by atoms with E-state index in [0.717, 1.165) is 11.1 Å². The second kappa shape index (κ2) is 7.13. The van der Waals surface area contributed by atoms with Crippen molar-refractivity contribution in [2.75, 3.05) is 25.7 Å². The number of ether oxygens (including phenoxy) is 2. The monoisotopic (exact) mass is 317 g/mol. The third-order valence-electron chi connectivity index (χ3n) is 3.58. The molecule has 2 aromatic rings. The molecule has 0 saturated heterocycles. The van der Waals surface area contributed by atoms with Gasteiger partial charge in [-0.1, -0.05) is 17.7 Å². The summed E-state index contributed by atoms with van der Waals surface area (Å²) >= 11 is 0. The molecule has 0 atom stereocenters. The summed E-state index contributed by atoms with van der Waals surface area (Å²) in [6, 6.07) is 10.1. The number of carbonyl (C=O) groups excluding carboxylic acids is 1. The summed E-state index contributed by atoms with van der Waals surface area (Å²) in [5.41, 5.74) is 2.54. The minimum absolute atomic E-state index is 0.117. The van der Waals surface area contributed by atoms with E-state index in [1.807, 2.05) is 32.0 Å². The van der Waals surface area contributed by atoms with Crippen molar-refractivity contribution >= 4 is 11.6 Å². The molecule has 0 spiro atoms. The lowest BCUT2D eigenvalue weighted by Crippen LogP contribution is -2.31. The molecule has 0 fully saturated rings. The largest absolute Gasteiger partial charge is 0.494 e. The Balaban J connectivity index is 2.03. The number of benzene rings is 2. The summed E-state index contributed by atoms with van der Waals surface area (Å²) in [6.07, 6.45) is 0. The van der Waals surface area contributed by atoms with E-state index in [0.29, 0.717) is 11.4 Å². The topological polar surface area (TPSA) is 38.8 Å². The van der Waals surface area contributed by atoms with Crippen LogP contribution in [-0.4, -0.2) is 26.7 Å². The quantitative estimate of drug-likeness (QED) is 0.847. The van der Waals surface area contributed by atoms with Crippen molar-refractivity contribution in [2.24, 2.45) is 0 Å². The molecule has 0 aliphatic heterocycles. The van der Waals surface area contributed by atoms with E-state index in [1.165, 1.54) is 24.1 Å². The van der Waals surface area contributed by atoms with E-state index in [-0.39, 0.29) is 18.3 Å². The Morgan fingerprint density at radius 2 is 1.83 bits per heavy atom. The van der Waals surface area contributed by atoms with E-state index < -0.39 is 5.82 Å². The highest BCUT2D eigenvalue weighted by Crippen LogP contribution is 2.23. The number of hydrogen-bond donors (Lipinski definition) is 0. The van der Waals surface area contributed by atoms with Gasteiger partial charge in [0.2, 0.25) is 0 Å². The highest BCUT2D eigenvalue weighted by Gasteiger charge is 2.14. The molecular formula is C18H20FNO3. The lowest BCUT2D eigenvalue weighted by molar-refractivity contribution is -0.120. The number of nitrogens with zero attached hydrogens (tertiary/aromatic N) is 1. The number of rotatable bonds is 5. The first-order valence-corrected chi connectivity index (χ1v) is 7.22. The molecule has 122 valence electrons. The summed E-state index contributed by atoms with van der Waals surface area (Å²) in [6.45, 7) is 3.80. The first kappa shape index (κ1) is 16.8. The number of amides is 1. The number of hydrogen-bond acceptors (Lipinski definition) is 3. The van der Waals surface area contributed by atoms with Crippen molar-refractivity contribution < 1.29 is 18.7 Å². The lowest BCUT2D eigenvalue weighted by Gasteiger charge is -2.18. The Morgan fingerprint density at radius 3 is 2.43 bits per heavy atom. The second-order valence-electron chi connectivity index (χ2n) is 5.33. The molecule has 0 bridgehead atoms. The molecule has 0 N–H and O–H groups in total. The van der Waals surface area contributed by atoms with Gasteiger partial charge in [-0.2, -0.15) is 0 Å². The van der Waals surface area contributed by atoms with Gasteiger partial charge in [-0.3, -0.25) is 4.79 Å². The van der Waals surface area contributed by atoms with Crippen molar-refractivity contribution in [1.29, 1.82) is 0 Å². The normalized spacial score (nSPS) is 10.3. The highest BCUT2D eigenvalue weighted by atomic mass is 19.1. The van der Waals surface area contributed by atoms with E-state index in [1.54, 1.807) is 13.1 Å². The summed E-state index contributed by atoms with van der Waals surface area (Å²) in [5.74, 6) is 0.0221. The van der Waals surface area contributed by atoms with Gasteiger partial charge in [-0.25, -0.2) is 4.39 Å². The predicted molar refractivity (Wildman–Crippen MR) is 87.8 cm³/mol. The van der Waals surface area contributed by atoms with Gasteiger partial charge >= 0.3 is 0 Å². The summed E-state index contributed by atoms with van der Waals surface area (Å²) < 4.78 is 24.1. The maximum Gasteiger partial charge on any atom is 0.264 e. The number of carbonyl (C=O) groups is 1. The van der Waals surface area contributed by atoms with Gasteiger partial charge in [0, 0.05) is 18.8 Å². The van der Waals surface area contributed by atoms with Gasteiger partial charge in [0.15, 0.2) is 18.2 Å². The summed E-state index contributed by atoms with van der Waals surface area (Å²) in [5, 5.41) is 0. The first-order chi connectivity index (χ1) is 10.9. The van der Waals surface area contributed by atoms with Crippen molar-refractivity contribution in [2.45, 2.75) is 13.8 Å². The lowest BCUT2D eigenvalue weighted by atomic mass is 10.1. The summed E-state index contributed by atoms with van der Waals surface area (Å²) in [7, 11) is 2.97. The Labute approximate surface area is 135 Å². The zero-order chi connectivity index (χ0) is 17.0. The van der Waals surface area contributed by atoms with Gasteiger partial charge in [0.05, 0.1) is 7.11 Å². The third-order valence-corrected chi connectivity index (χ3v) is 3.58. The summed E-state index contributed by atoms with van der Waals surface area (Å²) in [4.78, 5) is 13.6. The molecule has 23 heavy (non-hydrogen) atoms. The molecular weight excluding hydrogens is 297 g/mol. The van der Waals surface area contributed by atoms with Gasteiger partial charge in [-0.15, -0.1) is 0 Å². The third kappa shape index (κ3) is 4.00. The number of halogens is 1. The van der Waals surface area contributed by atoms with Crippen LogP contribution in [0.15, 0.2) is 36.4 Å². The Morgan fingerprint density at radius 1 is 1.13 bits per heavy atom. The Hall–Kier alpha value is -2.56. The van der Waals surface area contributed by atoms with Crippen LogP contribution in [0.1, 0.15) is 11.1 Å². The van der Waals surface area contributed by atoms with Gasteiger partial charge in [0.25, 0.3) is 5.91 Å². The SMILES string of the molecule is COc1ccc(N(C)C(=O)COc2ccc(C)cc2C)cc1F. The van der Waals surface area contributed by atoms with Crippen LogP contribution in [0.5, 0.6) is 11.5 Å². The van der Waals surface area contributed by atoms with Crippen LogP contribution in [0.3, 0.4) is 0 Å². The van der Waals surface area contributed by atoms with E-state index in [4.69, 9.17) is 9.47 Å². The molecule has 0 saturated carbocycles. The molecule has 0 aliphatic rings. The average molecular weight is 317 g/mol. The van der Waals surface area contributed by atoms with Crippen molar-refractivity contribution in [3.63, 3.8) is 0 Å².